The number of hydrogen-bond donors (Lipinski definition) is 1. The minimum absolute atomic E-state index is 0.676. The predicted octanol–water partition coefficient (Wildman–Crippen LogP) is 3.66. The van der Waals surface area contributed by atoms with Crippen LogP contribution in [0.5, 0.6) is 0 Å². The topological polar surface area (TPSA) is 19.0 Å². The predicted molar refractivity (Wildman–Crippen MR) is 80.2 cm³/mol. The van der Waals surface area contributed by atoms with Crippen molar-refractivity contribution in [3.8, 4) is 0 Å². The quantitative estimate of drug-likeness (QED) is 0.852. The van der Waals surface area contributed by atoms with Crippen molar-refractivity contribution in [2.24, 2.45) is 0 Å². The fourth-order valence-corrected chi connectivity index (χ4v) is 3.53. The Kier molecular flexibility index (Phi) is 2.99. The molecule has 2 nitrogen and oxygen atoms in total. The summed E-state index contributed by atoms with van der Waals surface area (Å²) >= 11 is 3.66. The van der Waals surface area contributed by atoms with Crippen molar-refractivity contribution in [2.75, 3.05) is 14.1 Å². The van der Waals surface area contributed by atoms with Gasteiger partial charge in [-0.15, -0.1) is 0 Å². The number of aryl methyl sites for hydroxylation is 2. The molecule has 0 saturated heterocycles. The van der Waals surface area contributed by atoms with Crippen molar-refractivity contribution in [1.82, 2.24) is 9.88 Å². The Hall–Kier alpha value is -0.800. The van der Waals surface area contributed by atoms with Gasteiger partial charge in [-0.25, -0.2) is 0 Å². The summed E-state index contributed by atoms with van der Waals surface area (Å²) in [5, 5.41) is 1.44. The molecule has 0 aliphatic heterocycles. The van der Waals surface area contributed by atoms with Gasteiger partial charge in [0.25, 0.3) is 0 Å². The monoisotopic (exact) mass is 306 g/mol. The van der Waals surface area contributed by atoms with E-state index in [9.17, 15) is 0 Å². The summed E-state index contributed by atoms with van der Waals surface area (Å²) in [5.74, 6) is 0. The molecule has 0 saturated carbocycles. The maximum absolute atomic E-state index is 3.66. The molecule has 1 N–H and O–H groups in total. The fourth-order valence-electron chi connectivity index (χ4n) is 3.10. The molecule has 0 fully saturated rings. The second kappa shape index (κ2) is 4.39. The lowest BCUT2D eigenvalue weighted by molar-refractivity contribution is 0.268. The number of benzene rings is 1. The van der Waals surface area contributed by atoms with E-state index >= 15 is 0 Å². The molecule has 96 valence electrons. The molecule has 1 aliphatic carbocycles. The van der Waals surface area contributed by atoms with Crippen molar-refractivity contribution in [2.45, 2.75) is 32.2 Å². The van der Waals surface area contributed by atoms with E-state index in [0.717, 1.165) is 0 Å². The molecule has 18 heavy (non-hydrogen) atoms. The number of halogens is 1. The second-order valence-corrected chi connectivity index (χ2v) is 6.41. The van der Waals surface area contributed by atoms with E-state index in [4.69, 9.17) is 0 Å². The Morgan fingerprint density at radius 2 is 2.11 bits per heavy atom. The zero-order valence-corrected chi connectivity index (χ0v) is 12.8. The van der Waals surface area contributed by atoms with Gasteiger partial charge >= 0.3 is 0 Å². The van der Waals surface area contributed by atoms with E-state index in [1.807, 2.05) is 0 Å². The van der Waals surface area contributed by atoms with Gasteiger partial charge in [-0.1, -0.05) is 6.07 Å². The number of nitrogens with zero attached hydrogens (tertiary/aromatic N) is 1. The number of likely N-dealkylation sites (N-methyl/N-ethyl adjacent to an activating group) is 1. The Morgan fingerprint density at radius 1 is 1.33 bits per heavy atom. The maximum Gasteiger partial charge on any atom is 0.0606 e. The number of aromatic amines is 1. The lowest BCUT2D eigenvalue weighted by Crippen LogP contribution is -2.33. The molecule has 3 rings (SSSR count). The van der Waals surface area contributed by atoms with Gasteiger partial charge in [0.1, 0.15) is 0 Å². The van der Waals surface area contributed by atoms with Crippen LogP contribution in [0.4, 0.5) is 0 Å². The Balaban J connectivity index is 2.18. The molecule has 0 radical (unpaired) electrons. The number of aromatic nitrogens is 1. The van der Waals surface area contributed by atoms with E-state index in [1.165, 1.54) is 51.5 Å². The first kappa shape index (κ1) is 12.2. The van der Waals surface area contributed by atoms with Crippen LogP contribution in [0, 0.1) is 6.92 Å². The molecule has 0 unspecified atom stereocenters. The summed E-state index contributed by atoms with van der Waals surface area (Å²) in [6, 6.07) is 5.03. The average Bonchev–Trinajstić information content (AvgIpc) is 2.73. The van der Waals surface area contributed by atoms with Crippen LogP contribution in [-0.4, -0.2) is 30.0 Å². The summed E-state index contributed by atoms with van der Waals surface area (Å²) < 4.78 is 1.18. The maximum atomic E-state index is 3.66. The number of fused-ring (bicyclic) bond motifs is 3. The van der Waals surface area contributed by atoms with Gasteiger partial charge < -0.3 is 9.88 Å². The van der Waals surface area contributed by atoms with Crippen LogP contribution in [0.15, 0.2) is 16.6 Å². The average molecular weight is 307 g/mol. The molecule has 0 amide bonds. The van der Waals surface area contributed by atoms with Crippen molar-refractivity contribution in [1.29, 1.82) is 0 Å². The van der Waals surface area contributed by atoms with Crippen molar-refractivity contribution in [3.63, 3.8) is 0 Å². The molecule has 0 spiro atoms. The van der Waals surface area contributed by atoms with Gasteiger partial charge in [0, 0.05) is 21.6 Å². The number of H-pyrrole nitrogens is 1. The first-order valence-electron chi connectivity index (χ1n) is 6.53. The molecule has 1 aromatic carbocycles. The third-order valence-electron chi connectivity index (χ3n) is 4.20. The first-order chi connectivity index (χ1) is 8.58. The van der Waals surface area contributed by atoms with E-state index in [2.05, 4.69) is 59.0 Å². The van der Waals surface area contributed by atoms with Crippen LogP contribution in [0.25, 0.3) is 10.9 Å². The standard InChI is InChI=1S/C15H19BrN2/c1-9-4-6-12(16)15-14(9)11-8-10(18(2)3)5-7-13(11)17-15/h4,6,10,17H,5,7-8H2,1-3H3/t10-/m0/s1. The minimum atomic E-state index is 0.676. The van der Waals surface area contributed by atoms with Crippen LogP contribution >= 0.6 is 15.9 Å². The van der Waals surface area contributed by atoms with Gasteiger partial charge in [0.05, 0.1) is 5.52 Å². The molecule has 1 aromatic heterocycles. The van der Waals surface area contributed by atoms with Crippen LogP contribution < -0.4 is 0 Å². The highest BCUT2D eigenvalue weighted by Crippen LogP contribution is 2.35. The molecule has 2 aromatic rings. The van der Waals surface area contributed by atoms with Gasteiger partial charge in [-0.05, 0) is 73.4 Å². The summed E-state index contributed by atoms with van der Waals surface area (Å²) in [6.45, 7) is 2.21. The van der Waals surface area contributed by atoms with Crippen LogP contribution in [0.2, 0.25) is 0 Å². The first-order valence-corrected chi connectivity index (χ1v) is 7.32. The lowest BCUT2D eigenvalue weighted by atomic mass is 9.90. The summed E-state index contributed by atoms with van der Waals surface area (Å²) in [4.78, 5) is 5.98. The molecule has 1 atom stereocenters. The minimum Gasteiger partial charge on any atom is -0.357 e. The zero-order valence-electron chi connectivity index (χ0n) is 11.2. The summed E-state index contributed by atoms with van der Waals surface area (Å²) in [5.41, 5.74) is 5.64. The van der Waals surface area contributed by atoms with Gasteiger partial charge in [-0.3, -0.25) is 0 Å². The summed E-state index contributed by atoms with van der Waals surface area (Å²) in [6.07, 6.45) is 3.59. The highest BCUT2D eigenvalue weighted by Gasteiger charge is 2.24. The largest absolute Gasteiger partial charge is 0.357 e. The third kappa shape index (κ3) is 1.81. The van der Waals surface area contributed by atoms with Crippen LogP contribution in [0.1, 0.15) is 23.2 Å². The Labute approximate surface area is 116 Å². The van der Waals surface area contributed by atoms with E-state index in [0.29, 0.717) is 6.04 Å². The van der Waals surface area contributed by atoms with Crippen molar-refractivity contribution in [3.05, 3.63) is 33.4 Å². The van der Waals surface area contributed by atoms with Crippen LogP contribution in [0.3, 0.4) is 0 Å². The highest BCUT2D eigenvalue weighted by molar-refractivity contribution is 9.10. The summed E-state index contributed by atoms with van der Waals surface area (Å²) in [7, 11) is 4.38. The van der Waals surface area contributed by atoms with Gasteiger partial charge in [0.2, 0.25) is 0 Å². The van der Waals surface area contributed by atoms with E-state index in [1.54, 1.807) is 0 Å². The van der Waals surface area contributed by atoms with Crippen molar-refractivity contribution >= 4 is 26.8 Å². The molecule has 3 heteroatoms. The van der Waals surface area contributed by atoms with E-state index in [-0.39, 0.29) is 0 Å². The Bertz CT molecular complexity index is 598. The second-order valence-electron chi connectivity index (χ2n) is 5.56. The van der Waals surface area contributed by atoms with Crippen LogP contribution in [-0.2, 0) is 12.8 Å². The Morgan fingerprint density at radius 3 is 2.83 bits per heavy atom. The molecular weight excluding hydrogens is 288 g/mol. The number of hydrogen-bond acceptors (Lipinski definition) is 1. The molecular formula is C15H19BrN2. The normalized spacial score (nSPS) is 19.5. The smallest absolute Gasteiger partial charge is 0.0606 e. The lowest BCUT2D eigenvalue weighted by Gasteiger charge is -2.28. The van der Waals surface area contributed by atoms with Crippen molar-refractivity contribution < 1.29 is 0 Å². The van der Waals surface area contributed by atoms with E-state index < -0.39 is 0 Å². The van der Waals surface area contributed by atoms with Gasteiger partial charge in [0.15, 0.2) is 0 Å². The molecule has 1 heterocycles. The van der Waals surface area contributed by atoms with Gasteiger partial charge in [-0.2, -0.15) is 0 Å². The third-order valence-corrected chi connectivity index (χ3v) is 4.86. The fraction of sp³-hybridized carbons (Fsp3) is 0.467. The SMILES string of the molecule is Cc1ccc(Br)c2[nH]c3c(c12)C[C@@H](N(C)C)CC3. The zero-order chi connectivity index (χ0) is 12.9. The number of nitrogens with one attached hydrogen (secondary N) is 1. The molecule has 0 bridgehead atoms. The number of rotatable bonds is 1. The highest BCUT2D eigenvalue weighted by atomic mass is 79.9. The molecule has 1 aliphatic rings.